The number of rotatable bonds is 5. The minimum atomic E-state index is -2.51. The fourth-order valence-electron chi connectivity index (χ4n) is 2.05. The number of anilines is 1. The summed E-state index contributed by atoms with van der Waals surface area (Å²) in [5.74, 6) is -1.06. The maximum Gasteiger partial charge on any atom is 0.335 e. The minimum Gasteiger partial charge on any atom is -0.755 e. The van der Waals surface area contributed by atoms with E-state index in [0.717, 1.165) is 4.31 Å². The first-order valence-electron chi connectivity index (χ1n) is 6.34. The SMILES string of the molecule is Cc1c(Cl)cccc1N(Cc1cccc(C(=O)O)c1)S(=O)[O-]. The van der Waals surface area contributed by atoms with E-state index in [1.165, 1.54) is 12.1 Å². The van der Waals surface area contributed by atoms with E-state index in [0.29, 0.717) is 21.8 Å². The first-order valence-corrected chi connectivity index (χ1v) is 7.75. The maximum atomic E-state index is 11.6. The van der Waals surface area contributed by atoms with Crippen LogP contribution in [0.1, 0.15) is 21.5 Å². The van der Waals surface area contributed by atoms with Crippen LogP contribution in [-0.4, -0.2) is 19.8 Å². The van der Waals surface area contributed by atoms with E-state index in [-0.39, 0.29) is 12.1 Å². The normalized spacial score (nSPS) is 12.0. The largest absolute Gasteiger partial charge is 0.755 e. The van der Waals surface area contributed by atoms with Gasteiger partial charge in [-0.3, -0.25) is 8.51 Å². The zero-order chi connectivity index (χ0) is 16.3. The lowest BCUT2D eigenvalue weighted by Crippen LogP contribution is -2.25. The third kappa shape index (κ3) is 3.65. The van der Waals surface area contributed by atoms with Crippen LogP contribution in [0.3, 0.4) is 0 Å². The van der Waals surface area contributed by atoms with E-state index in [1.54, 1.807) is 37.3 Å². The topological polar surface area (TPSA) is 80.7 Å². The molecule has 0 radical (unpaired) electrons. The predicted octanol–water partition coefficient (Wildman–Crippen LogP) is 3.15. The number of benzene rings is 2. The van der Waals surface area contributed by atoms with E-state index in [4.69, 9.17) is 16.7 Å². The molecule has 0 heterocycles. The lowest BCUT2D eigenvalue weighted by Gasteiger charge is -2.28. The Bertz CT molecular complexity index is 735. The summed E-state index contributed by atoms with van der Waals surface area (Å²) in [5, 5.41) is 9.46. The van der Waals surface area contributed by atoms with E-state index in [2.05, 4.69) is 0 Å². The van der Waals surface area contributed by atoms with Crippen molar-refractivity contribution in [3.05, 3.63) is 64.2 Å². The number of halogens is 1. The van der Waals surface area contributed by atoms with Gasteiger partial charge in [0, 0.05) is 16.3 Å². The maximum absolute atomic E-state index is 11.6. The van der Waals surface area contributed by atoms with Crippen LogP contribution in [0.25, 0.3) is 0 Å². The number of hydrogen-bond donors (Lipinski definition) is 1. The molecule has 0 saturated heterocycles. The molecule has 1 N–H and O–H groups in total. The molecule has 0 aliphatic carbocycles. The Morgan fingerprint density at radius 3 is 2.64 bits per heavy atom. The molecular weight excluding hydrogens is 326 g/mol. The minimum absolute atomic E-state index is 0.0262. The molecule has 0 aliphatic rings. The highest BCUT2D eigenvalue weighted by Gasteiger charge is 2.13. The van der Waals surface area contributed by atoms with Crippen molar-refractivity contribution in [2.45, 2.75) is 13.5 Å². The van der Waals surface area contributed by atoms with Crippen molar-refractivity contribution >= 4 is 34.5 Å². The van der Waals surface area contributed by atoms with Crippen LogP contribution in [0.2, 0.25) is 5.02 Å². The summed E-state index contributed by atoms with van der Waals surface area (Å²) in [5.41, 5.74) is 1.78. The average Bonchev–Trinajstić information content (AvgIpc) is 2.48. The second-order valence-corrected chi connectivity index (χ2v) is 5.93. The summed E-state index contributed by atoms with van der Waals surface area (Å²) in [6.07, 6.45) is 0. The van der Waals surface area contributed by atoms with Gasteiger partial charge >= 0.3 is 5.97 Å². The molecule has 2 aromatic carbocycles. The number of hydrogen-bond acceptors (Lipinski definition) is 3. The zero-order valence-electron chi connectivity index (χ0n) is 11.7. The second-order valence-electron chi connectivity index (χ2n) is 4.64. The molecule has 1 atom stereocenters. The molecule has 22 heavy (non-hydrogen) atoms. The first kappa shape index (κ1) is 16.5. The van der Waals surface area contributed by atoms with Crippen molar-refractivity contribution in [1.29, 1.82) is 0 Å². The molecule has 7 heteroatoms. The van der Waals surface area contributed by atoms with Crippen LogP contribution in [0.15, 0.2) is 42.5 Å². The third-order valence-electron chi connectivity index (χ3n) is 3.19. The molecular formula is C15H13ClNO4S-. The fraction of sp³-hybridized carbons (Fsp3) is 0.133. The summed E-state index contributed by atoms with van der Waals surface area (Å²) in [4.78, 5) is 11.0. The lowest BCUT2D eigenvalue weighted by molar-refractivity contribution is 0.0696. The highest BCUT2D eigenvalue weighted by atomic mass is 35.5. The highest BCUT2D eigenvalue weighted by molar-refractivity contribution is 7.80. The monoisotopic (exact) mass is 338 g/mol. The summed E-state index contributed by atoms with van der Waals surface area (Å²) >= 11 is 3.51. The summed E-state index contributed by atoms with van der Waals surface area (Å²) in [6.45, 7) is 1.75. The zero-order valence-corrected chi connectivity index (χ0v) is 13.2. The standard InChI is InChI=1S/C15H14ClNO4S/c1-10-13(16)6-3-7-14(10)17(22(20)21)9-11-4-2-5-12(8-11)15(18)19/h2-8H,9H2,1H3,(H,18,19)(H,20,21)/p-1. The van der Waals surface area contributed by atoms with Gasteiger partial charge in [-0.1, -0.05) is 29.8 Å². The Hall–Kier alpha value is -1.89. The summed E-state index contributed by atoms with van der Waals surface area (Å²) in [7, 11) is 0. The second kappa shape index (κ2) is 6.91. The third-order valence-corrected chi connectivity index (χ3v) is 4.28. The Morgan fingerprint density at radius 2 is 2.00 bits per heavy atom. The number of aromatic carboxylic acids is 1. The van der Waals surface area contributed by atoms with Crippen molar-refractivity contribution < 1.29 is 18.7 Å². The predicted molar refractivity (Wildman–Crippen MR) is 84.7 cm³/mol. The van der Waals surface area contributed by atoms with Gasteiger partial charge in [0.25, 0.3) is 0 Å². The van der Waals surface area contributed by atoms with Gasteiger partial charge in [-0.2, -0.15) is 0 Å². The van der Waals surface area contributed by atoms with Crippen LogP contribution >= 0.6 is 11.6 Å². The summed E-state index contributed by atoms with van der Waals surface area (Å²) < 4.78 is 24.2. The van der Waals surface area contributed by atoms with Crippen LogP contribution in [0, 0.1) is 6.92 Å². The average molecular weight is 339 g/mol. The highest BCUT2D eigenvalue weighted by Crippen LogP contribution is 2.28. The van der Waals surface area contributed by atoms with Gasteiger partial charge < -0.3 is 9.66 Å². The molecule has 116 valence electrons. The molecule has 0 fully saturated rings. The van der Waals surface area contributed by atoms with Crippen LogP contribution in [-0.2, 0) is 17.8 Å². The van der Waals surface area contributed by atoms with E-state index < -0.39 is 17.2 Å². The van der Waals surface area contributed by atoms with Crippen molar-refractivity contribution in [2.75, 3.05) is 4.31 Å². The molecule has 0 aromatic heterocycles. The van der Waals surface area contributed by atoms with Gasteiger partial charge in [-0.15, -0.1) is 0 Å². The molecule has 2 rings (SSSR count). The smallest absolute Gasteiger partial charge is 0.335 e. The Labute approximate surface area is 135 Å². The first-order chi connectivity index (χ1) is 10.4. The van der Waals surface area contributed by atoms with Gasteiger partial charge in [0.05, 0.1) is 17.8 Å². The molecule has 0 saturated carbocycles. The van der Waals surface area contributed by atoms with Gasteiger partial charge in [0.2, 0.25) is 0 Å². The van der Waals surface area contributed by atoms with Gasteiger partial charge in [0.1, 0.15) is 0 Å². The molecule has 2 aromatic rings. The van der Waals surface area contributed by atoms with Crippen LogP contribution in [0.5, 0.6) is 0 Å². The van der Waals surface area contributed by atoms with Crippen molar-refractivity contribution in [2.24, 2.45) is 0 Å². The van der Waals surface area contributed by atoms with Crippen molar-refractivity contribution in [3.63, 3.8) is 0 Å². The fourth-order valence-corrected chi connectivity index (χ4v) is 2.84. The molecule has 1 unspecified atom stereocenters. The molecule has 0 spiro atoms. The van der Waals surface area contributed by atoms with Crippen LogP contribution in [0.4, 0.5) is 5.69 Å². The van der Waals surface area contributed by atoms with Gasteiger partial charge in [-0.05, 0) is 42.3 Å². The number of nitrogens with zero attached hydrogens (tertiary/aromatic N) is 1. The van der Waals surface area contributed by atoms with Gasteiger partial charge in [-0.25, -0.2) is 4.79 Å². The van der Waals surface area contributed by atoms with Crippen LogP contribution < -0.4 is 4.31 Å². The van der Waals surface area contributed by atoms with E-state index in [1.807, 2.05) is 0 Å². The molecule has 0 amide bonds. The quantitative estimate of drug-likeness (QED) is 0.849. The Balaban J connectivity index is 2.38. The molecule has 5 nitrogen and oxygen atoms in total. The number of carboxylic acid groups (broad SMARTS) is 1. The molecule has 0 aliphatic heterocycles. The van der Waals surface area contributed by atoms with E-state index >= 15 is 0 Å². The number of carbonyl (C=O) groups is 1. The number of carboxylic acids is 1. The van der Waals surface area contributed by atoms with Crippen molar-refractivity contribution in [1.82, 2.24) is 0 Å². The Morgan fingerprint density at radius 1 is 1.32 bits per heavy atom. The van der Waals surface area contributed by atoms with E-state index in [9.17, 15) is 13.6 Å². The van der Waals surface area contributed by atoms with Gasteiger partial charge in [0.15, 0.2) is 0 Å². The lowest BCUT2D eigenvalue weighted by atomic mass is 10.1. The Kier molecular flexibility index (Phi) is 5.18. The summed E-state index contributed by atoms with van der Waals surface area (Å²) in [6, 6.07) is 11.1. The van der Waals surface area contributed by atoms with Crippen molar-refractivity contribution in [3.8, 4) is 0 Å². The molecule has 0 bridgehead atoms.